The summed E-state index contributed by atoms with van der Waals surface area (Å²) >= 11 is 0. The van der Waals surface area contributed by atoms with Crippen LogP contribution in [0, 0.1) is 0 Å². The number of likely N-dealkylation sites (N-methyl/N-ethyl adjacent to an activating group) is 2. The monoisotopic (exact) mass is 482 g/mol. The molecule has 8 nitrogen and oxygen atoms in total. The number of rotatable bonds is 10. The van der Waals surface area contributed by atoms with Crippen molar-refractivity contribution >= 4 is 18.0 Å². The molecule has 196 valence electrons. The lowest BCUT2D eigenvalue weighted by Crippen LogP contribution is -2.47. The Kier molecular flexibility index (Phi) is 14.4. The number of halogens is 2. The van der Waals surface area contributed by atoms with Gasteiger partial charge in [0.05, 0.1) is 13.2 Å². The van der Waals surface area contributed by atoms with Crippen LogP contribution in [-0.2, 0) is 23.8 Å². The minimum absolute atomic E-state index is 0.127. The zero-order valence-corrected chi connectivity index (χ0v) is 22.1. The summed E-state index contributed by atoms with van der Waals surface area (Å²) < 4.78 is 41.8. The van der Waals surface area contributed by atoms with Gasteiger partial charge in [0, 0.05) is 19.9 Å². The molecule has 0 heterocycles. The first-order chi connectivity index (χ1) is 14.8. The molecule has 0 aromatic heterocycles. The molecular formula is C23H44F2N2O6. The normalized spacial score (nSPS) is 13.7. The van der Waals surface area contributed by atoms with Gasteiger partial charge in [0.15, 0.2) is 0 Å². The third-order valence-corrected chi connectivity index (χ3v) is 4.00. The Morgan fingerprint density at radius 2 is 1.27 bits per heavy atom. The van der Waals surface area contributed by atoms with Crippen LogP contribution < -0.4 is 5.32 Å². The lowest BCUT2D eigenvalue weighted by Gasteiger charge is -2.31. The standard InChI is InChI=1S/C14H26FNO4.C9H18FNO2/c1-8-19-11(17)10(9-14(5,6)15)16(7)12(18)20-13(2,3)4;1-5-13-8(12)7(11-4)6-9(2,3)10/h10H,8-9H2,1-7H3;7,11H,5-6H2,1-4H3. The Morgan fingerprint density at radius 3 is 1.61 bits per heavy atom. The Bertz CT molecular complexity index is 610. The van der Waals surface area contributed by atoms with Crippen molar-refractivity contribution in [2.75, 3.05) is 27.3 Å². The van der Waals surface area contributed by atoms with E-state index in [0.29, 0.717) is 6.61 Å². The van der Waals surface area contributed by atoms with Crippen molar-refractivity contribution in [3.8, 4) is 0 Å². The highest BCUT2D eigenvalue weighted by atomic mass is 19.1. The van der Waals surface area contributed by atoms with Gasteiger partial charge in [-0.15, -0.1) is 0 Å². The van der Waals surface area contributed by atoms with Crippen molar-refractivity contribution < 1.29 is 37.4 Å². The van der Waals surface area contributed by atoms with E-state index in [1.54, 1.807) is 41.7 Å². The van der Waals surface area contributed by atoms with Crippen LogP contribution in [-0.4, -0.2) is 79.3 Å². The number of esters is 2. The molecule has 0 radical (unpaired) electrons. The molecule has 1 amide bonds. The summed E-state index contributed by atoms with van der Waals surface area (Å²) in [5, 5.41) is 2.73. The summed E-state index contributed by atoms with van der Waals surface area (Å²) in [7, 11) is 3.02. The summed E-state index contributed by atoms with van der Waals surface area (Å²) in [4.78, 5) is 36.2. The first-order valence-corrected chi connectivity index (χ1v) is 11.1. The molecule has 0 fully saturated rings. The second kappa shape index (κ2) is 14.3. The summed E-state index contributed by atoms with van der Waals surface area (Å²) in [5.41, 5.74) is -3.65. The maximum Gasteiger partial charge on any atom is 0.410 e. The van der Waals surface area contributed by atoms with Gasteiger partial charge in [-0.3, -0.25) is 9.69 Å². The summed E-state index contributed by atoms with van der Waals surface area (Å²) in [6, 6.07) is -1.57. The smallest absolute Gasteiger partial charge is 0.410 e. The number of hydrogen-bond donors (Lipinski definition) is 1. The van der Waals surface area contributed by atoms with Crippen LogP contribution in [0.3, 0.4) is 0 Å². The van der Waals surface area contributed by atoms with Gasteiger partial charge in [0.25, 0.3) is 0 Å². The molecule has 0 aliphatic carbocycles. The van der Waals surface area contributed by atoms with Crippen LogP contribution in [0.25, 0.3) is 0 Å². The molecule has 0 rings (SSSR count). The van der Waals surface area contributed by atoms with E-state index in [1.165, 1.54) is 34.7 Å². The van der Waals surface area contributed by atoms with Crippen molar-refractivity contribution in [3.05, 3.63) is 0 Å². The maximum absolute atomic E-state index is 13.8. The van der Waals surface area contributed by atoms with Crippen LogP contribution in [0.15, 0.2) is 0 Å². The summed E-state index contributed by atoms with van der Waals surface area (Å²) in [5.74, 6) is -1.03. The number of amides is 1. The largest absolute Gasteiger partial charge is 0.465 e. The van der Waals surface area contributed by atoms with Gasteiger partial charge in [-0.25, -0.2) is 18.4 Å². The van der Waals surface area contributed by atoms with E-state index < -0.39 is 47.1 Å². The van der Waals surface area contributed by atoms with Crippen molar-refractivity contribution in [2.24, 2.45) is 0 Å². The quantitative estimate of drug-likeness (QED) is 0.368. The Morgan fingerprint density at radius 1 is 0.848 bits per heavy atom. The Balaban J connectivity index is 0. The van der Waals surface area contributed by atoms with Crippen molar-refractivity contribution in [2.45, 2.75) is 104 Å². The fourth-order valence-corrected chi connectivity index (χ4v) is 2.57. The molecule has 0 aromatic rings. The average Bonchev–Trinajstić information content (AvgIpc) is 2.61. The van der Waals surface area contributed by atoms with Crippen molar-refractivity contribution in [1.82, 2.24) is 10.2 Å². The predicted octanol–water partition coefficient (Wildman–Crippen LogP) is 4.20. The molecule has 1 N–H and O–H groups in total. The summed E-state index contributed by atoms with van der Waals surface area (Å²) in [6.07, 6.45) is -0.705. The molecule has 10 heteroatoms. The van der Waals surface area contributed by atoms with Gasteiger partial charge in [-0.1, -0.05) is 0 Å². The highest BCUT2D eigenvalue weighted by molar-refractivity contribution is 5.81. The molecule has 2 unspecified atom stereocenters. The number of carbonyl (C=O) groups excluding carboxylic acids is 3. The minimum atomic E-state index is -1.60. The third-order valence-electron chi connectivity index (χ3n) is 4.00. The maximum atomic E-state index is 13.8. The molecule has 0 saturated carbocycles. The van der Waals surface area contributed by atoms with Crippen LogP contribution in [0.2, 0.25) is 0 Å². The number of nitrogens with one attached hydrogen (secondary N) is 1. The highest BCUT2D eigenvalue weighted by Gasteiger charge is 2.36. The second-order valence-electron chi connectivity index (χ2n) is 9.80. The number of hydrogen-bond acceptors (Lipinski definition) is 7. The SMILES string of the molecule is CCOC(=O)C(CC(C)(C)F)N(C)C(=O)OC(C)(C)C.CCOC(=O)C(CC(C)(C)F)NC. The van der Waals surface area contributed by atoms with Gasteiger partial charge in [-0.2, -0.15) is 0 Å². The predicted molar refractivity (Wildman–Crippen MR) is 124 cm³/mol. The number of nitrogens with zero attached hydrogens (tertiary/aromatic N) is 1. The lowest BCUT2D eigenvalue weighted by molar-refractivity contribution is -0.150. The molecule has 0 aromatic carbocycles. The zero-order valence-electron chi connectivity index (χ0n) is 22.1. The fraction of sp³-hybridized carbons (Fsp3) is 0.870. The Labute approximate surface area is 197 Å². The van der Waals surface area contributed by atoms with E-state index >= 15 is 0 Å². The zero-order chi connectivity index (χ0) is 26.6. The third kappa shape index (κ3) is 17.2. The van der Waals surface area contributed by atoms with E-state index in [9.17, 15) is 23.2 Å². The first kappa shape index (κ1) is 33.2. The van der Waals surface area contributed by atoms with Crippen molar-refractivity contribution in [1.29, 1.82) is 0 Å². The average molecular weight is 483 g/mol. The van der Waals surface area contributed by atoms with E-state index in [-0.39, 0.29) is 19.4 Å². The van der Waals surface area contributed by atoms with Crippen molar-refractivity contribution in [3.63, 3.8) is 0 Å². The van der Waals surface area contributed by atoms with Crippen LogP contribution in [0.5, 0.6) is 0 Å². The minimum Gasteiger partial charge on any atom is -0.465 e. The van der Waals surface area contributed by atoms with E-state index in [2.05, 4.69) is 5.32 Å². The number of alkyl halides is 2. The Hall–Kier alpha value is -1.97. The molecule has 0 saturated heterocycles. The van der Waals surface area contributed by atoms with Gasteiger partial charge in [0.1, 0.15) is 29.0 Å². The number of carbonyl (C=O) groups is 3. The van der Waals surface area contributed by atoms with Gasteiger partial charge < -0.3 is 19.5 Å². The van der Waals surface area contributed by atoms with Gasteiger partial charge in [0.2, 0.25) is 0 Å². The number of ether oxygens (including phenoxy) is 3. The van der Waals surface area contributed by atoms with Crippen LogP contribution in [0.4, 0.5) is 13.6 Å². The van der Waals surface area contributed by atoms with E-state index in [0.717, 1.165) is 4.90 Å². The van der Waals surface area contributed by atoms with Gasteiger partial charge >= 0.3 is 18.0 Å². The lowest BCUT2D eigenvalue weighted by atomic mass is 10.00. The van der Waals surface area contributed by atoms with Gasteiger partial charge in [-0.05, 0) is 69.4 Å². The first-order valence-electron chi connectivity index (χ1n) is 11.1. The molecule has 0 bridgehead atoms. The highest BCUT2D eigenvalue weighted by Crippen LogP contribution is 2.22. The van der Waals surface area contributed by atoms with E-state index in [4.69, 9.17) is 14.2 Å². The molecule has 0 aliphatic rings. The molecule has 0 aliphatic heterocycles. The topological polar surface area (TPSA) is 94.2 Å². The van der Waals surface area contributed by atoms with E-state index in [1.807, 2.05) is 0 Å². The second-order valence-corrected chi connectivity index (χ2v) is 9.80. The van der Waals surface area contributed by atoms with Crippen LogP contribution in [0.1, 0.15) is 75.2 Å². The molecular weight excluding hydrogens is 438 g/mol. The molecule has 0 spiro atoms. The molecule has 33 heavy (non-hydrogen) atoms. The summed E-state index contributed by atoms with van der Waals surface area (Å²) in [6.45, 7) is 14.6. The van der Waals surface area contributed by atoms with Crippen LogP contribution >= 0.6 is 0 Å². The molecule has 2 atom stereocenters. The fourth-order valence-electron chi connectivity index (χ4n) is 2.57.